The van der Waals surface area contributed by atoms with Crippen LogP contribution in [0.4, 0.5) is 4.79 Å². The van der Waals surface area contributed by atoms with Gasteiger partial charge in [0.2, 0.25) is 0 Å². The SMILES string of the molecule is Cc1nc([C@H](C)NC(=O)OC(C)(C)C)n(-c2ccc(C(=O)O)cn2)n1. The smallest absolute Gasteiger partial charge is 0.408 e. The third-order valence-corrected chi connectivity index (χ3v) is 3.07. The molecule has 1 amide bonds. The molecule has 0 aliphatic carbocycles. The number of carbonyl (C=O) groups is 2. The van der Waals surface area contributed by atoms with Crippen molar-refractivity contribution in [1.29, 1.82) is 0 Å². The molecule has 2 aromatic rings. The zero-order chi connectivity index (χ0) is 18.8. The summed E-state index contributed by atoms with van der Waals surface area (Å²) in [5.74, 6) is 0.295. The first-order valence-corrected chi connectivity index (χ1v) is 7.69. The summed E-state index contributed by atoms with van der Waals surface area (Å²) >= 11 is 0. The number of ether oxygens (including phenoxy) is 1. The predicted octanol–water partition coefficient (Wildman–Crippen LogP) is 2.25. The molecule has 2 heterocycles. The maximum atomic E-state index is 11.9. The second-order valence-electron chi connectivity index (χ2n) is 6.51. The molecule has 0 bridgehead atoms. The van der Waals surface area contributed by atoms with Crippen molar-refractivity contribution in [2.75, 3.05) is 0 Å². The molecular formula is C16H21N5O4. The van der Waals surface area contributed by atoms with Crippen LogP contribution in [0.2, 0.25) is 0 Å². The van der Waals surface area contributed by atoms with Crippen LogP contribution in [0.15, 0.2) is 18.3 Å². The van der Waals surface area contributed by atoms with Crippen LogP contribution in [0.5, 0.6) is 0 Å². The average molecular weight is 347 g/mol. The van der Waals surface area contributed by atoms with Gasteiger partial charge in [-0.05, 0) is 46.8 Å². The highest BCUT2D eigenvalue weighted by atomic mass is 16.6. The second kappa shape index (κ2) is 6.88. The van der Waals surface area contributed by atoms with E-state index in [1.807, 2.05) is 0 Å². The Hall–Kier alpha value is -2.97. The van der Waals surface area contributed by atoms with E-state index >= 15 is 0 Å². The normalized spacial score (nSPS) is 12.5. The summed E-state index contributed by atoms with van der Waals surface area (Å²) in [5, 5.41) is 15.9. The Labute approximate surface area is 145 Å². The van der Waals surface area contributed by atoms with E-state index in [2.05, 4.69) is 20.4 Å². The summed E-state index contributed by atoms with van der Waals surface area (Å²) < 4.78 is 6.70. The monoisotopic (exact) mass is 347 g/mol. The van der Waals surface area contributed by atoms with Gasteiger partial charge in [0.15, 0.2) is 11.6 Å². The molecule has 0 aromatic carbocycles. The standard InChI is InChI=1S/C16H21N5O4/c1-9(18-15(24)25-16(3,4)5)13-19-10(2)20-21(13)12-7-6-11(8-17-12)14(22)23/h6-9H,1-5H3,(H,18,24)(H,22,23)/t9-/m0/s1. The number of amides is 1. The largest absolute Gasteiger partial charge is 0.478 e. The maximum Gasteiger partial charge on any atom is 0.408 e. The topological polar surface area (TPSA) is 119 Å². The Morgan fingerprint density at radius 3 is 2.52 bits per heavy atom. The third-order valence-electron chi connectivity index (χ3n) is 3.07. The number of pyridine rings is 1. The van der Waals surface area contributed by atoms with Crippen molar-refractivity contribution in [3.63, 3.8) is 0 Å². The number of rotatable bonds is 4. The van der Waals surface area contributed by atoms with Crippen molar-refractivity contribution in [2.45, 2.75) is 46.3 Å². The van der Waals surface area contributed by atoms with Crippen LogP contribution in [0.25, 0.3) is 5.82 Å². The van der Waals surface area contributed by atoms with Gasteiger partial charge >= 0.3 is 12.1 Å². The fraction of sp³-hybridized carbons (Fsp3) is 0.438. The molecule has 2 N–H and O–H groups in total. The summed E-state index contributed by atoms with van der Waals surface area (Å²) in [4.78, 5) is 31.3. The van der Waals surface area contributed by atoms with Crippen LogP contribution in [0, 0.1) is 6.92 Å². The van der Waals surface area contributed by atoms with Gasteiger partial charge in [-0.1, -0.05) is 0 Å². The molecule has 0 aliphatic rings. The summed E-state index contributed by atoms with van der Waals surface area (Å²) in [5.41, 5.74) is -0.538. The number of aromatic carboxylic acids is 1. The first kappa shape index (κ1) is 18.4. The molecule has 0 fully saturated rings. The highest BCUT2D eigenvalue weighted by Gasteiger charge is 2.22. The fourth-order valence-corrected chi connectivity index (χ4v) is 2.07. The van der Waals surface area contributed by atoms with E-state index in [0.717, 1.165) is 0 Å². The molecule has 0 spiro atoms. The molecule has 0 unspecified atom stereocenters. The van der Waals surface area contributed by atoms with Gasteiger partial charge in [0.25, 0.3) is 0 Å². The fourth-order valence-electron chi connectivity index (χ4n) is 2.07. The Balaban J connectivity index is 2.25. The number of alkyl carbamates (subject to hydrolysis) is 1. The van der Waals surface area contributed by atoms with Crippen LogP contribution in [0.1, 0.15) is 55.7 Å². The van der Waals surface area contributed by atoms with Gasteiger partial charge in [0, 0.05) is 6.20 Å². The van der Waals surface area contributed by atoms with Crippen molar-refractivity contribution < 1.29 is 19.4 Å². The van der Waals surface area contributed by atoms with Gasteiger partial charge in [0.05, 0.1) is 11.6 Å². The molecule has 0 saturated heterocycles. The van der Waals surface area contributed by atoms with Crippen LogP contribution in [-0.4, -0.2) is 42.5 Å². The minimum atomic E-state index is -1.06. The first-order chi connectivity index (χ1) is 11.6. The van der Waals surface area contributed by atoms with Gasteiger partial charge in [0.1, 0.15) is 11.4 Å². The van der Waals surface area contributed by atoms with Gasteiger partial charge in [-0.2, -0.15) is 4.68 Å². The highest BCUT2D eigenvalue weighted by molar-refractivity contribution is 5.87. The number of nitrogens with zero attached hydrogens (tertiary/aromatic N) is 4. The lowest BCUT2D eigenvalue weighted by molar-refractivity contribution is 0.0504. The highest BCUT2D eigenvalue weighted by Crippen LogP contribution is 2.16. The molecular weight excluding hydrogens is 326 g/mol. The number of carboxylic acids is 1. The van der Waals surface area contributed by atoms with Gasteiger partial charge < -0.3 is 15.2 Å². The van der Waals surface area contributed by atoms with Crippen molar-refractivity contribution >= 4 is 12.1 Å². The summed E-state index contributed by atoms with van der Waals surface area (Å²) in [6, 6.07) is 2.47. The van der Waals surface area contributed by atoms with Crippen molar-refractivity contribution in [2.24, 2.45) is 0 Å². The first-order valence-electron chi connectivity index (χ1n) is 7.69. The number of nitrogens with one attached hydrogen (secondary N) is 1. The number of aryl methyl sites for hydroxylation is 1. The number of hydrogen-bond donors (Lipinski definition) is 2. The van der Waals surface area contributed by atoms with E-state index in [1.165, 1.54) is 23.0 Å². The molecule has 134 valence electrons. The van der Waals surface area contributed by atoms with Gasteiger partial charge in [-0.15, -0.1) is 5.10 Å². The molecule has 0 aliphatic heterocycles. The summed E-state index contributed by atoms with van der Waals surface area (Å²) in [6.07, 6.45) is 0.672. The lowest BCUT2D eigenvalue weighted by Gasteiger charge is -2.21. The van der Waals surface area contributed by atoms with E-state index in [1.54, 1.807) is 34.6 Å². The average Bonchev–Trinajstić information content (AvgIpc) is 2.87. The van der Waals surface area contributed by atoms with E-state index in [0.29, 0.717) is 17.5 Å². The van der Waals surface area contributed by atoms with E-state index < -0.39 is 23.7 Å². The number of carbonyl (C=O) groups excluding carboxylic acids is 1. The second-order valence-corrected chi connectivity index (χ2v) is 6.51. The lowest BCUT2D eigenvalue weighted by atomic mass is 10.2. The quantitative estimate of drug-likeness (QED) is 0.870. The van der Waals surface area contributed by atoms with Crippen LogP contribution in [0.3, 0.4) is 0 Å². The van der Waals surface area contributed by atoms with E-state index in [4.69, 9.17) is 9.84 Å². The minimum Gasteiger partial charge on any atom is -0.478 e. The van der Waals surface area contributed by atoms with E-state index in [-0.39, 0.29) is 5.56 Å². The Morgan fingerprint density at radius 2 is 2.00 bits per heavy atom. The molecule has 1 atom stereocenters. The Bertz CT molecular complexity index is 777. The zero-order valence-corrected chi connectivity index (χ0v) is 14.8. The number of carboxylic acid groups (broad SMARTS) is 1. The molecule has 2 rings (SSSR count). The van der Waals surface area contributed by atoms with Gasteiger partial charge in [-0.3, -0.25) is 0 Å². The summed E-state index contributed by atoms with van der Waals surface area (Å²) in [6.45, 7) is 8.79. The van der Waals surface area contributed by atoms with Crippen molar-refractivity contribution in [3.05, 3.63) is 35.5 Å². The van der Waals surface area contributed by atoms with Crippen LogP contribution < -0.4 is 5.32 Å². The molecule has 25 heavy (non-hydrogen) atoms. The molecule has 0 radical (unpaired) electrons. The van der Waals surface area contributed by atoms with Crippen LogP contribution in [-0.2, 0) is 4.74 Å². The summed E-state index contributed by atoms with van der Waals surface area (Å²) in [7, 11) is 0. The maximum absolute atomic E-state index is 11.9. The van der Waals surface area contributed by atoms with E-state index in [9.17, 15) is 9.59 Å². The van der Waals surface area contributed by atoms with Crippen molar-refractivity contribution in [3.8, 4) is 5.82 Å². The Morgan fingerprint density at radius 1 is 1.32 bits per heavy atom. The Kier molecular flexibility index (Phi) is 5.05. The minimum absolute atomic E-state index is 0.0714. The van der Waals surface area contributed by atoms with Crippen molar-refractivity contribution in [1.82, 2.24) is 25.1 Å². The number of hydrogen-bond acceptors (Lipinski definition) is 6. The predicted molar refractivity (Wildman–Crippen MR) is 88.6 cm³/mol. The molecule has 9 heteroatoms. The van der Waals surface area contributed by atoms with Gasteiger partial charge in [-0.25, -0.2) is 19.6 Å². The number of aromatic nitrogens is 4. The van der Waals surface area contributed by atoms with Crippen LogP contribution >= 0.6 is 0 Å². The molecule has 0 saturated carbocycles. The molecule has 2 aromatic heterocycles. The molecule has 9 nitrogen and oxygen atoms in total. The zero-order valence-electron chi connectivity index (χ0n) is 14.8. The third kappa shape index (κ3) is 4.75. The lowest BCUT2D eigenvalue weighted by Crippen LogP contribution is -2.35.